The summed E-state index contributed by atoms with van der Waals surface area (Å²) in [4.78, 5) is 27.3. The zero-order valence-electron chi connectivity index (χ0n) is 14.1. The van der Waals surface area contributed by atoms with Gasteiger partial charge in [0.05, 0.1) is 12.7 Å². The molecule has 6 heteroatoms. The van der Waals surface area contributed by atoms with E-state index in [4.69, 9.17) is 16.3 Å². The molecular formula is C19H19ClN2O3. The number of methoxy groups -OCH3 is 1. The van der Waals surface area contributed by atoms with Gasteiger partial charge in [0.2, 0.25) is 5.91 Å². The third kappa shape index (κ3) is 3.20. The lowest BCUT2D eigenvalue weighted by Gasteiger charge is -2.25. The van der Waals surface area contributed by atoms with Crippen LogP contribution >= 0.6 is 11.6 Å². The van der Waals surface area contributed by atoms with Crippen molar-refractivity contribution in [2.45, 2.75) is 19.4 Å². The molecule has 1 heterocycles. The highest BCUT2D eigenvalue weighted by molar-refractivity contribution is 6.31. The third-order valence-electron chi connectivity index (χ3n) is 4.24. The molecule has 5 nitrogen and oxygen atoms in total. The molecule has 1 aliphatic rings. The van der Waals surface area contributed by atoms with Crippen molar-refractivity contribution in [3.8, 4) is 5.75 Å². The van der Waals surface area contributed by atoms with E-state index in [2.05, 4.69) is 5.32 Å². The van der Waals surface area contributed by atoms with Gasteiger partial charge in [-0.3, -0.25) is 14.5 Å². The standard InChI is InChI=1S/C19H19ClN2O3/c1-3-21-18(23)16-10-12-6-4-5-7-15(12)22(16)19(24)14-11-13(20)8-9-17(14)25-2/h4-9,11,16H,3,10H2,1-2H3,(H,21,23). The van der Waals surface area contributed by atoms with Crippen molar-refractivity contribution in [3.05, 3.63) is 58.6 Å². The molecule has 1 N–H and O–H groups in total. The van der Waals surface area contributed by atoms with E-state index in [1.165, 1.54) is 12.0 Å². The number of carbonyl (C=O) groups is 2. The van der Waals surface area contributed by atoms with Gasteiger partial charge in [-0.05, 0) is 36.8 Å². The Balaban J connectivity index is 2.06. The maximum Gasteiger partial charge on any atom is 0.262 e. The maximum atomic E-state index is 13.3. The quantitative estimate of drug-likeness (QED) is 0.913. The number of likely N-dealkylation sites (N-methyl/N-ethyl adjacent to an activating group) is 1. The highest BCUT2D eigenvalue weighted by Gasteiger charge is 2.39. The Morgan fingerprint density at radius 3 is 2.76 bits per heavy atom. The van der Waals surface area contributed by atoms with Crippen molar-refractivity contribution in [3.63, 3.8) is 0 Å². The van der Waals surface area contributed by atoms with Gasteiger partial charge < -0.3 is 10.1 Å². The van der Waals surface area contributed by atoms with E-state index in [0.717, 1.165) is 11.3 Å². The molecule has 0 saturated heterocycles. The molecule has 0 fully saturated rings. The second kappa shape index (κ2) is 7.15. The first-order valence-electron chi connectivity index (χ1n) is 8.09. The van der Waals surface area contributed by atoms with Crippen LogP contribution in [0.5, 0.6) is 5.75 Å². The molecule has 130 valence electrons. The fourth-order valence-electron chi connectivity index (χ4n) is 3.12. The first-order valence-corrected chi connectivity index (χ1v) is 8.47. The Labute approximate surface area is 151 Å². The summed E-state index contributed by atoms with van der Waals surface area (Å²) in [6, 6.07) is 11.8. The summed E-state index contributed by atoms with van der Waals surface area (Å²) in [6.45, 7) is 2.36. The number of ether oxygens (including phenoxy) is 1. The Morgan fingerprint density at radius 1 is 1.28 bits per heavy atom. The number of amides is 2. The Kier molecular flexibility index (Phi) is 4.95. The Hall–Kier alpha value is -2.53. The van der Waals surface area contributed by atoms with Crippen LogP contribution in [-0.2, 0) is 11.2 Å². The van der Waals surface area contributed by atoms with Crippen molar-refractivity contribution in [1.29, 1.82) is 0 Å². The highest BCUT2D eigenvalue weighted by Crippen LogP contribution is 2.35. The van der Waals surface area contributed by atoms with Crippen molar-refractivity contribution >= 4 is 29.1 Å². The predicted octanol–water partition coefficient (Wildman–Crippen LogP) is 3.06. The minimum atomic E-state index is -0.589. The van der Waals surface area contributed by atoms with Crippen LogP contribution in [0.2, 0.25) is 5.02 Å². The van der Waals surface area contributed by atoms with E-state index in [9.17, 15) is 9.59 Å². The summed E-state index contributed by atoms with van der Waals surface area (Å²) >= 11 is 6.07. The number of hydrogen-bond donors (Lipinski definition) is 1. The number of hydrogen-bond acceptors (Lipinski definition) is 3. The summed E-state index contributed by atoms with van der Waals surface area (Å²) in [5, 5.41) is 3.24. The lowest BCUT2D eigenvalue weighted by molar-refractivity contribution is -0.122. The topological polar surface area (TPSA) is 58.6 Å². The number of nitrogens with zero attached hydrogens (tertiary/aromatic N) is 1. The molecule has 0 saturated carbocycles. The molecule has 2 aromatic rings. The van der Waals surface area contributed by atoms with Gasteiger partial charge in [0.25, 0.3) is 5.91 Å². The SMILES string of the molecule is CCNC(=O)C1Cc2ccccc2N1C(=O)c1cc(Cl)ccc1OC. The van der Waals surface area contributed by atoms with E-state index in [1.54, 1.807) is 18.2 Å². The number of benzene rings is 2. The molecule has 0 radical (unpaired) electrons. The van der Waals surface area contributed by atoms with Gasteiger partial charge >= 0.3 is 0 Å². The first-order chi connectivity index (χ1) is 12.1. The molecule has 2 amide bonds. The molecule has 0 spiro atoms. The van der Waals surface area contributed by atoms with Gasteiger partial charge in [-0.15, -0.1) is 0 Å². The lowest BCUT2D eigenvalue weighted by Crippen LogP contribution is -2.48. The number of fused-ring (bicyclic) bond motifs is 1. The third-order valence-corrected chi connectivity index (χ3v) is 4.48. The van der Waals surface area contributed by atoms with E-state index in [0.29, 0.717) is 29.3 Å². The summed E-state index contributed by atoms with van der Waals surface area (Å²) in [7, 11) is 1.50. The van der Waals surface area contributed by atoms with Crippen LogP contribution in [0.25, 0.3) is 0 Å². The zero-order chi connectivity index (χ0) is 18.0. The van der Waals surface area contributed by atoms with Gasteiger partial charge in [-0.1, -0.05) is 29.8 Å². The van der Waals surface area contributed by atoms with Crippen LogP contribution in [0.15, 0.2) is 42.5 Å². The number of halogens is 1. The number of anilines is 1. The van der Waals surface area contributed by atoms with Crippen LogP contribution in [0.3, 0.4) is 0 Å². The highest BCUT2D eigenvalue weighted by atomic mass is 35.5. The summed E-state index contributed by atoms with van der Waals surface area (Å²) in [5.74, 6) is -0.0537. The fraction of sp³-hybridized carbons (Fsp3) is 0.263. The lowest BCUT2D eigenvalue weighted by atomic mass is 10.1. The largest absolute Gasteiger partial charge is 0.496 e. The number of rotatable bonds is 4. The van der Waals surface area contributed by atoms with E-state index in [1.807, 2.05) is 31.2 Å². The number of para-hydroxylation sites is 1. The Morgan fingerprint density at radius 2 is 2.04 bits per heavy atom. The normalized spacial score (nSPS) is 15.6. The van der Waals surface area contributed by atoms with Crippen molar-refractivity contribution in [1.82, 2.24) is 5.32 Å². The monoisotopic (exact) mass is 358 g/mol. The van der Waals surface area contributed by atoms with Gasteiger partial charge in [0.1, 0.15) is 11.8 Å². The molecular weight excluding hydrogens is 340 g/mol. The van der Waals surface area contributed by atoms with Crippen molar-refractivity contribution < 1.29 is 14.3 Å². The molecule has 0 aliphatic carbocycles. The van der Waals surface area contributed by atoms with Gasteiger partial charge in [-0.2, -0.15) is 0 Å². The molecule has 0 bridgehead atoms. The number of carbonyl (C=O) groups excluding carboxylic acids is 2. The molecule has 2 aromatic carbocycles. The second-order valence-electron chi connectivity index (χ2n) is 5.76. The van der Waals surface area contributed by atoms with E-state index >= 15 is 0 Å². The van der Waals surface area contributed by atoms with Crippen LogP contribution in [-0.4, -0.2) is 31.5 Å². The number of nitrogens with one attached hydrogen (secondary N) is 1. The van der Waals surface area contributed by atoms with E-state index in [-0.39, 0.29) is 11.8 Å². The molecule has 1 aliphatic heterocycles. The van der Waals surface area contributed by atoms with Gasteiger partial charge in [0, 0.05) is 23.7 Å². The minimum Gasteiger partial charge on any atom is -0.496 e. The summed E-state index contributed by atoms with van der Waals surface area (Å²) in [5.41, 5.74) is 2.04. The average Bonchev–Trinajstić information content (AvgIpc) is 3.01. The average molecular weight is 359 g/mol. The van der Waals surface area contributed by atoms with Crippen LogP contribution < -0.4 is 15.0 Å². The smallest absolute Gasteiger partial charge is 0.262 e. The Bertz CT molecular complexity index is 822. The van der Waals surface area contributed by atoms with Crippen LogP contribution in [0.4, 0.5) is 5.69 Å². The van der Waals surface area contributed by atoms with Crippen molar-refractivity contribution in [2.75, 3.05) is 18.6 Å². The molecule has 25 heavy (non-hydrogen) atoms. The predicted molar refractivity (Wildman–Crippen MR) is 97.4 cm³/mol. The minimum absolute atomic E-state index is 0.173. The van der Waals surface area contributed by atoms with Crippen molar-refractivity contribution in [2.24, 2.45) is 0 Å². The summed E-state index contributed by atoms with van der Waals surface area (Å²) in [6.07, 6.45) is 0.483. The van der Waals surface area contributed by atoms with Crippen LogP contribution in [0.1, 0.15) is 22.8 Å². The first kappa shape index (κ1) is 17.3. The molecule has 1 unspecified atom stereocenters. The second-order valence-corrected chi connectivity index (χ2v) is 6.20. The van der Waals surface area contributed by atoms with E-state index < -0.39 is 6.04 Å². The van der Waals surface area contributed by atoms with Crippen LogP contribution in [0, 0.1) is 0 Å². The summed E-state index contributed by atoms with van der Waals surface area (Å²) < 4.78 is 5.31. The van der Waals surface area contributed by atoms with Gasteiger partial charge in [-0.25, -0.2) is 0 Å². The molecule has 0 aromatic heterocycles. The van der Waals surface area contributed by atoms with Gasteiger partial charge in [0.15, 0.2) is 0 Å². The fourth-order valence-corrected chi connectivity index (χ4v) is 3.29. The molecule has 1 atom stereocenters. The maximum absolute atomic E-state index is 13.3. The molecule has 3 rings (SSSR count). The zero-order valence-corrected chi connectivity index (χ0v) is 14.8.